The number of ketones is 1. The van der Waals surface area contributed by atoms with Gasteiger partial charge in [0.05, 0.1) is 13.3 Å². The third kappa shape index (κ3) is 2.85. The lowest BCUT2D eigenvalue weighted by molar-refractivity contribution is 0.0591. The summed E-state index contributed by atoms with van der Waals surface area (Å²) in [6.07, 6.45) is 3.48. The van der Waals surface area contributed by atoms with Crippen LogP contribution >= 0.6 is 11.3 Å². The van der Waals surface area contributed by atoms with Gasteiger partial charge in [-0.25, -0.2) is 9.78 Å². The number of hydrogen-bond donors (Lipinski definition) is 1. The van der Waals surface area contributed by atoms with E-state index in [1.165, 1.54) is 25.4 Å². The molecule has 8 heteroatoms. The Labute approximate surface area is 119 Å². The van der Waals surface area contributed by atoms with Gasteiger partial charge >= 0.3 is 5.97 Å². The molecule has 0 unspecified atom stereocenters. The number of anilines is 1. The van der Waals surface area contributed by atoms with Crippen molar-refractivity contribution in [2.75, 3.05) is 19.1 Å². The molecule has 0 aromatic carbocycles. The molecule has 0 saturated heterocycles. The smallest absolute Gasteiger partial charge is 0.358 e. The average molecular weight is 294 g/mol. The maximum Gasteiger partial charge on any atom is 0.358 e. The van der Waals surface area contributed by atoms with Crippen LogP contribution in [0.25, 0.3) is 0 Å². The van der Waals surface area contributed by atoms with Crippen molar-refractivity contribution in [3.8, 4) is 0 Å². The summed E-state index contributed by atoms with van der Waals surface area (Å²) in [4.78, 5) is 29.6. The minimum absolute atomic E-state index is 0.0686. The SMILES string of the molecule is COC(=O)c1nc(N(C)Cc2cn[nH]c2)sc1C(C)=O. The largest absolute Gasteiger partial charge is 0.464 e. The van der Waals surface area contributed by atoms with Gasteiger partial charge in [-0.2, -0.15) is 5.10 Å². The summed E-state index contributed by atoms with van der Waals surface area (Å²) in [6, 6.07) is 0. The van der Waals surface area contributed by atoms with Crippen molar-refractivity contribution in [2.24, 2.45) is 0 Å². The Bertz CT molecular complexity index is 621. The third-order valence-electron chi connectivity index (χ3n) is 2.62. The zero-order valence-electron chi connectivity index (χ0n) is 11.3. The Morgan fingerprint density at radius 3 is 2.80 bits per heavy atom. The minimum Gasteiger partial charge on any atom is -0.464 e. The lowest BCUT2D eigenvalue weighted by atomic mass is 10.3. The van der Waals surface area contributed by atoms with Gasteiger partial charge in [0.25, 0.3) is 0 Å². The number of aromatic amines is 1. The van der Waals surface area contributed by atoms with Gasteiger partial charge in [-0.1, -0.05) is 11.3 Å². The van der Waals surface area contributed by atoms with Crippen molar-refractivity contribution >= 4 is 28.2 Å². The Morgan fingerprint density at radius 2 is 2.25 bits per heavy atom. The van der Waals surface area contributed by atoms with E-state index in [-0.39, 0.29) is 11.5 Å². The monoisotopic (exact) mass is 294 g/mol. The normalized spacial score (nSPS) is 10.3. The van der Waals surface area contributed by atoms with E-state index in [9.17, 15) is 9.59 Å². The number of carbonyl (C=O) groups excluding carboxylic acids is 2. The van der Waals surface area contributed by atoms with Crippen molar-refractivity contribution in [3.05, 3.63) is 28.5 Å². The fourth-order valence-corrected chi connectivity index (χ4v) is 2.56. The van der Waals surface area contributed by atoms with Crippen molar-refractivity contribution in [3.63, 3.8) is 0 Å². The number of rotatable bonds is 5. The number of Topliss-reactive ketones (excluding diaryl/α,β-unsaturated/α-hetero) is 1. The van der Waals surface area contributed by atoms with Crippen LogP contribution in [-0.2, 0) is 11.3 Å². The Morgan fingerprint density at radius 1 is 1.50 bits per heavy atom. The summed E-state index contributed by atoms with van der Waals surface area (Å²) in [7, 11) is 3.09. The molecule has 0 saturated carbocycles. The number of esters is 1. The van der Waals surface area contributed by atoms with Crippen molar-refractivity contribution in [2.45, 2.75) is 13.5 Å². The topological polar surface area (TPSA) is 88.2 Å². The van der Waals surface area contributed by atoms with E-state index in [0.29, 0.717) is 16.6 Å². The molecule has 0 atom stereocenters. The molecule has 2 heterocycles. The number of thiazole rings is 1. The van der Waals surface area contributed by atoms with E-state index in [0.717, 1.165) is 5.56 Å². The molecule has 0 bridgehead atoms. The third-order valence-corrected chi connectivity index (χ3v) is 3.89. The first-order valence-electron chi connectivity index (χ1n) is 5.81. The molecular weight excluding hydrogens is 280 g/mol. The van der Waals surface area contributed by atoms with Gasteiger partial charge in [0.1, 0.15) is 4.88 Å². The molecule has 0 radical (unpaired) electrons. The highest BCUT2D eigenvalue weighted by atomic mass is 32.1. The standard InChI is InChI=1S/C12H14N4O3S/c1-7(17)10-9(11(18)19-3)15-12(20-10)16(2)6-8-4-13-14-5-8/h4-5H,6H2,1-3H3,(H,13,14). The van der Waals surface area contributed by atoms with Gasteiger partial charge in [0, 0.05) is 32.3 Å². The lowest BCUT2D eigenvalue weighted by Crippen LogP contribution is -2.16. The van der Waals surface area contributed by atoms with Crippen LogP contribution in [0.4, 0.5) is 5.13 Å². The zero-order valence-corrected chi connectivity index (χ0v) is 12.2. The van der Waals surface area contributed by atoms with Crippen LogP contribution in [0.1, 0.15) is 32.6 Å². The van der Waals surface area contributed by atoms with Gasteiger partial charge in [-0.05, 0) is 0 Å². The van der Waals surface area contributed by atoms with Crippen LogP contribution in [0.5, 0.6) is 0 Å². The fraction of sp³-hybridized carbons (Fsp3) is 0.333. The van der Waals surface area contributed by atoms with Crippen LogP contribution in [0.15, 0.2) is 12.4 Å². The van der Waals surface area contributed by atoms with Crippen molar-refractivity contribution in [1.82, 2.24) is 15.2 Å². The van der Waals surface area contributed by atoms with Gasteiger partial charge in [-0.15, -0.1) is 0 Å². The van der Waals surface area contributed by atoms with Crippen LogP contribution in [0.2, 0.25) is 0 Å². The number of nitrogens with zero attached hydrogens (tertiary/aromatic N) is 3. The number of methoxy groups -OCH3 is 1. The lowest BCUT2D eigenvalue weighted by Gasteiger charge is -2.13. The van der Waals surface area contributed by atoms with Gasteiger partial charge < -0.3 is 9.64 Å². The fourth-order valence-electron chi connectivity index (χ4n) is 1.65. The van der Waals surface area contributed by atoms with Crippen LogP contribution in [0, 0.1) is 0 Å². The van der Waals surface area contributed by atoms with Crippen LogP contribution in [0.3, 0.4) is 0 Å². The Kier molecular flexibility index (Phi) is 4.14. The summed E-state index contributed by atoms with van der Waals surface area (Å²) < 4.78 is 4.65. The molecule has 7 nitrogen and oxygen atoms in total. The molecule has 0 spiro atoms. The Hall–Kier alpha value is -2.22. The number of nitrogens with one attached hydrogen (secondary N) is 1. The molecule has 0 aliphatic carbocycles. The highest BCUT2D eigenvalue weighted by molar-refractivity contribution is 7.17. The highest BCUT2D eigenvalue weighted by Crippen LogP contribution is 2.27. The zero-order chi connectivity index (χ0) is 14.7. The first-order chi connectivity index (χ1) is 9.52. The van der Waals surface area contributed by atoms with Crippen LogP contribution in [-0.4, -0.2) is 41.1 Å². The maximum absolute atomic E-state index is 11.6. The van der Waals surface area contributed by atoms with Gasteiger partial charge in [0.15, 0.2) is 16.6 Å². The van der Waals surface area contributed by atoms with E-state index >= 15 is 0 Å². The number of aromatic nitrogens is 3. The van der Waals surface area contributed by atoms with E-state index < -0.39 is 5.97 Å². The quantitative estimate of drug-likeness (QED) is 0.664. The molecule has 1 N–H and O–H groups in total. The molecule has 0 fully saturated rings. The van der Waals surface area contributed by atoms with Crippen molar-refractivity contribution in [1.29, 1.82) is 0 Å². The van der Waals surface area contributed by atoms with E-state index in [4.69, 9.17) is 0 Å². The first-order valence-corrected chi connectivity index (χ1v) is 6.63. The van der Waals surface area contributed by atoms with E-state index in [1.54, 1.807) is 12.4 Å². The van der Waals surface area contributed by atoms with Crippen LogP contribution < -0.4 is 4.90 Å². The minimum atomic E-state index is -0.602. The maximum atomic E-state index is 11.6. The number of ether oxygens (including phenoxy) is 1. The molecule has 0 aliphatic heterocycles. The van der Waals surface area contributed by atoms with Crippen molar-refractivity contribution < 1.29 is 14.3 Å². The second-order valence-corrected chi connectivity index (χ2v) is 5.16. The second-order valence-electron chi connectivity index (χ2n) is 4.18. The first kappa shape index (κ1) is 14.2. The number of H-pyrrole nitrogens is 1. The predicted octanol–water partition coefficient (Wildman–Crippen LogP) is 1.49. The van der Waals surface area contributed by atoms with Gasteiger partial charge in [0.2, 0.25) is 0 Å². The van der Waals surface area contributed by atoms with E-state index in [1.807, 2.05) is 11.9 Å². The van der Waals surface area contributed by atoms with E-state index in [2.05, 4.69) is 19.9 Å². The molecule has 106 valence electrons. The average Bonchev–Trinajstić information content (AvgIpc) is 3.06. The molecule has 20 heavy (non-hydrogen) atoms. The summed E-state index contributed by atoms with van der Waals surface area (Å²) in [6.45, 7) is 1.97. The molecule has 2 rings (SSSR count). The predicted molar refractivity (Wildman–Crippen MR) is 74.2 cm³/mol. The molecule has 2 aromatic rings. The number of carbonyl (C=O) groups is 2. The summed E-state index contributed by atoms with van der Waals surface area (Å²) in [5, 5.41) is 7.17. The molecule has 0 amide bonds. The molecule has 2 aromatic heterocycles. The molecular formula is C12H14N4O3S. The second kappa shape index (κ2) is 5.83. The Balaban J connectivity index is 2.28. The summed E-state index contributed by atoms with van der Waals surface area (Å²) >= 11 is 1.18. The van der Waals surface area contributed by atoms with Gasteiger partial charge in [-0.3, -0.25) is 9.89 Å². The summed E-state index contributed by atoms with van der Waals surface area (Å²) in [5.74, 6) is -0.805. The number of hydrogen-bond acceptors (Lipinski definition) is 7. The molecule has 0 aliphatic rings. The summed E-state index contributed by atoms with van der Waals surface area (Å²) in [5.41, 5.74) is 1.05. The highest BCUT2D eigenvalue weighted by Gasteiger charge is 2.23.